The van der Waals surface area contributed by atoms with Gasteiger partial charge in [0.05, 0.1) is 18.3 Å². The molecule has 7 rings (SSSR count). The predicted molar refractivity (Wildman–Crippen MR) is 175 cm³/mol. The summed E-state index contributed by atoms with van der Waals surface area (Å²) >= 11 is 0. The largest absolute Gasteiger partial charge is 0.444 e. The summed E-state index contributed by atoms with van der Waals surface area (Å²) in [5, 5.41) is 10.5. The first-order valence-electron chi connectivity index (χ1n) is 16.8. The van der Waals surface area contributed by atoms with Crippen molar-refractivity contribution < 1.29 is 49.9 Å². The van der Waals surface area contributed by atoms with E-state index < -0.39 is 60.3 Å². The van der Waals surface area contributed by atoms with Crippen LogP contribution in [-0.2, 0) is 22.7 Å². The number of amides is 4. The Bertz CT molecular complexity index is 2100. The molecular formula is C34H31F6N9O5. The van der Waals surface area contributed by atoms with Gasteiger partial charge in [-0.05, 0) is 37.5 Å². The Morgan fingerprint density at radius 3 is 2.56 bits per heavy atom. The number of carbonyl (C=O) groups excluding carboxylic acids is 4. The third kappa shape index (κ3) is 7.37. The van der Waals surface area contributed by atoms with Crippen LogP contribution in [0.5, 0.6) is 0 Å². The lowest BCUT2D eigenvalue weighted by molar-refractivity contribution is -0.136. The van der Waals surface area contributed by atoms with E-state index in [4.69, 9.17) is 4.42 Å². The highest BCUT2D eigenvalue weighted by Crippen LogP contribution is 2.34. The first kappa shape index (κ1) is 36.6. The predicted octanol–water partition coefficient (Wildman–Crippen LogP) is 4.83. The van der Waals surface area contributed by atoms with Crippen LogP contribution >= 0.6 is 0 Å². The number of piperidine rings is 2. The summed E-state index contributed by atoms with van der Waals surface area (Å²) in [6.45, 7) is 1.03. The molecule has 0 bridgehead atoms. The van der Waals surface area contributed by atoms with Crippen molar-refractivity contribution in [3.8, 4) is 11.5 Å². The number of hydrogen-bond donors (Lipinski definition) is 3. The molecule has 0 aliphatic carbocycles. The second kappa shape index (κ2) is 14.9. The SMILES string of the molecule is O=C1CCC(N2Cc3c(ccc(CN4CCC(n5cc(NC(=O)c6coc(-c7ccnc(NC(F)C(F)F)c7)n6)c(C(F)F)n5)CC4)c3F)C2=O)C(=O)N1. The second-order valence-corrected chi connectivity index (χ2v) is 13.0. The number of fused-ring (bicyclic) bond motifs is 1. The lowest BCUT2D eigenvalue weighted by Gasteiger charge is -2.32. The molecule has 2 atom stereocenters. The van der Waals surface area contributed by atoms with E-state index in [9.17, 15) is 41.1 Å². The molecule has 2 fully saturated rings. The van der Waals surface area contributed by atoms with Crippen LogP contribution in [0.15, 0.2) is 47.3 Å². The molecule has 2 unspecified atom stereocenters. The lowest BCUT2D eigenvalue weighted by Crippen LogP contribution is -2.52. The number of alkyl halides is 5. The quantitative estimate of drug-likeness (QED) is 0.110. The van der Waals surface area contributed by atoms with E-state index in [2.05, 4.69) is 25.7 Å². The fourth-order valence-corrected chi connectivity index (χ4v) is 6.75. The number of benzene rings is 1. The smallest absolute Gasteiger partial charge is 0.287 e. The summed E-state index contributed by atoms with van der Waals surface area (Å²) < 4.78 is 89.0. The van der Waals surface area contributed by atoms with Crippen molar-refractivity contribution in [2.45, 2.75) is 70.0 Å². The topological polar surface area (TPSA) is 168 Å². The highest BCUT2D eigenvalue weighted by molar-refractivity contribution is 6.05. The second-order valence-electron chi connectivity index (χ2n) is 13.0. The van der Waals surface area contributed by atoms with Crippen LogP contribution in [0.4, 0.5) is 37.8 Å². The minimum atomic E-state index is -3.30. The Balaban J connectivity index is 0.971. The number of rotatable bonds is 11. The van der Waals surface area contributed by atoms with Crippen LogP contribution in [0.25, 0.3) is 11.5 Å². The van der Waals surface area contributed by atoms with Crippen LogP contribution in [0.1, 0.15) is 75.8 Å². The van der Waals surface area contributed by atoms with E-state index in [1.54, 1.807) is 0 Å². The van der Waals surface area contributed by atoms with Gasteiger partial charge in [0, 0.05) is 60.7 Å². The third-order valence-corrected chi connectivity index (χ3v) is 9.52. The van der Waals surface area contributed by atoms with Crippen molar-refractivity contribution in [1.82, 2.24) is 34.9 Å². The molecule has 20 heteroatoms. The van der Waals surface area contributed by atoms with E-state index in [1.807, 2.05) is 10.2 Å². The molecule has 4 aromatic rings. The molecule has 2 saturated heterocycles. The highest BCUT2D eigenvalue weighted by Gasteiger charge is 2.40. The lowest BCUT2D eigenvalue weighted by atomic mass is 10.0. The van der Waals surface area contributed by atoms with Crippen LogP contribution in [0.2, 0.25) is 0 Å². The normalized spacial score (nSPS) is 18.7. The first-order chi connectivity index (χ1) is 25.9. The van der Waals surface area contributed by atoms with Gasteiger partial charge in [0.25, 0.3) is 24.7 Å². The molecule has 54 heavy (non-hydrogen) atoms. The molecule has 4 amide bonds. The first-order valence-corrected chi connectivity index (χ1v) is 16.8. The maximum absolute atomic E-state index is 15.7. The zero-order chi connectivity index (χ0) is 38.3. The van der Waals surface area contributed by atoms with Crippen LogP contribution in [0.3, 0.4) is 0 Å². The number of aromatic nitrogens is 4. The minimum Gasteiger partial charge on any atom is -0.444 e. The van der Waals surface area contributed by atoms with Crippen molar-refractivity contribution in [2.24, 2.45) is 0 Å². The van der Waals surface area contributed by atoms with Crippen LogP contribution in [0, 0.1) is 5.82 Å². The van der Waals surface area contributed by atoms with E-state index in [1.165, 1.54) is 46.2 Å². The van der Waals surface area contributed by atoms with Crippen molar-refractivity contribution in [3.05, 3.63) is 76.8 Å². The number of likely N-dealkylation sites (tertiary alicyclic amines) is 1. The standard InChI is InChI=1S/C34H31F6N9O5/c35-26-17(1-2-19-20(26)13-48(34(19)53)23-3-4-25(50)45-32(23)52)12-47-9-6-18(7-10-47)49-14-21(27(46-49)28(36)37)42-31(51)22-15-54-33(43-22)16-5-8-41-24(11-16)44-30(40)29(38)39/h1-2,5,8,11,14-15,18,23,28-30H,3-4,6-7,9-10,12-13H2,(H,41,44)(H,42,51)(H,45,50,52). The maximum atomic E-state index is 15.7. The molecule has 14 nitrogen and oxygen atoms in total. The molecule has 0 spiro atoms. The van der Waals surface area contributed by atoms with E-state index >= 15 is 4.39 Å². The summed E-state index contributed by atoms with van der Waals surface area (Å²) in [6, 6.07) is 4.43. The summed E-state index contributed by atoms with van der Waals surface area (Å²) in [5.41, 5.74) is -0.327. The van der Waals surface area contributed by atoms with Crippen molar-refractivity contribution in [3.63, 3.8) is 0 Å². The van der Waals surface area contributed by atoms with Crippen LogP contribution < -0.4 is 16.0 Å². The Morgan fingerprint density at radius 2 is 1.83 bits per heavy atom. The molecule has 6 heterocycles. The number of carbonyl (C=O) groups is 4. The maximum Gasteiger partial charge on any atom is 0.287 e. The van der Waals surface area contributed by atoms with E-state index in [0.29, 0.717) is 31.5 Å². The molecule has 3 N–H and O–H groups in total. The number of pyridine rings is 1. The number of hydrogen-bond acceptors (Lipinski definition) is 10. The van der Waals surface area contributed by atoms with Crippen molar-refractivity contribution in [1.29, 1.82) is 0 Å². The number of imide groups is 1. The Kier molecular flexibility index (Phi) is 10.1. The van der Waals surface area contributed by atoms with Crippen LogP contribution in [-0.4, -0.2) is 85.0 Å². The monoisotopic (exact) mass is 759 g/mol. The van der Waals surface area contributed by atoms with Gasteiger partial charge in [-0.2, -0.15) is 5.10 Å². The average molecular weight is 760 g/mol. The zero-order valence-electron chi connectivity index (χ0n) is 28.1. The number of oxazole rings is 1. The minimum absolute atomic E-state index is 0.0804. The van der Waals surface area contributed by atoms with Gasteiger partial charge in [0.1, 0.15) is 23.9 Å². The van der Waals surface area contributed by atoms with E-state index in [0.717, 1.165) is 6.26 Å². The Labute approximate surface area is 301 Å². The fraction of sp³-hybridized carbons (Fsp3) is 0.382. The Hall–Kier alpha value is -5.79. The van der Waals surface area contributed by atoms with Gasteiger partial charge in [-0.1, -0.05) is 6.07 Å². The molecule has 1 aromatic carbocycles. The molecule has 284 valence electrons. The Morgan fingerprint density at radius 1 is 1.06 bits per heavy atom. The molecular weight excluding hydrogens is 728 g/mol. The van der Waals surface area contributed by atoms with Gasteiger partial charge in [-0.15, -0.1) is 0 Å². The van der Waals surface area contributed by atoms with Gasteiger partial charge in [0.2, 0.25) is 24.0 Å². The number of halogens is 6. The van der Waals surface area contributed by atoms with Gasteiger partial charge in [-0.3, -0.25) is 34.1 Å². The summed E-state index contributed by atoms with van der Waals surface area (Å²) in [5.74, 6) is -3.31. The molecule has 0 radical (unpaired) electrons. The molecule has 3 aliphatic rings. The fourth-order valence-electron chi connectivity index (χ4n) is 6.75. The average Bonchev–Trinajstić information content (AvgIpc) is 3.88. The van der Waals surface area contributed by atoms with Gasteiger partial charge < -0.3 is 20.0 Å². The summed E-state index contributed by atoms with van der Waals surface area (Å²) in [6.07, 6.45) is -4.40. The molecule has 0 saturated carbocycles. The number of anilines is 2. The van der Waals surface area contributed by atoms with Crippen molar-refractivity contribution >= 4 is 35.1 Å². The molecule has 3 aliphatic heterocycles. The van der Waals surface area contributed by atoms with Gasteiger partial charge in [-0.25, -0.2) is 36.3 Å². The summed E-state index contributed by atoms with van der Waals surface area (Å²) in [7, 11) is 0. The van der Waals surface area contributed by atoms with Crippen molar-refractivity contribution in [2.75, 3.05) is 23.7 Å². The van der Waals surface area contributed by atoms with E-state index in [-0.39, 0.29) is 71.8 Å². The number of nitrogens with one attached hydrogen (secondary N) is 3. The highest BCUT2D eigenvalue weighted by atomic mass is 19.3. The molecule has 3 aromatic heterocycles. The van der Waals surface area contributed by atoms with Gasteiger partial charge in [0.15, 0.2) is 11.4 Å². The number of nitrogens with zero attached hydrogens (tertiary/aromatic N) is 6. The van der Waals surface area contributed by atoms with Gasteiger partial charge >= 0.3 is 0 Å². The third-order valence-electron chi connectivity index (χ3n) is 9.52. The summed E-state index contributed by atoms with van der Waals surface area (Å²) in [4.78, 5) is 61.0. The zero-order valence-corrected chi connectivity index (χ0v) is 28.1.